The average Bonchev–Trinajstić information content (AvgIpc) is 2.46. The second kappa shape index (κ2) is 7.34. The molecular weight excluding hydrogens is 258 g/mol. The molecule has 0 radical (unpaired) electrons. The van der Waals surface area contributed by atoms with Gasteiger partial charge in [-0.2, -0.15) is 0 Å². The third-order valence-electron chi connectivity index (χ3n) is 3.73. The number of nitrogens with two attached hydrogens (primary N) is 1. The van der Waals surface area contributed by atoms with Gasteiger partial charge >= 0.3 is 0 Å². The van der Waals surface area contributed by atoms with Crippen molar-refractivity contribution in [2.24, 2.45) is 5.73 Å². The van der Waals surface area contributed by atoms with E-state index in [0.717, 1.165) is 19.6 Å². The molecule has 1 unspecified atom stereocenters. The quantitative estimate of drug-likeness (QED) is 0.885. The summed E-state index contributed by atoms with van der Waals surface area (Å²) in [5.41, 5.74) is 11.5. The van der Waals surface area contributed by atoms with E-state index >= 15 is 0 Å². The molecule has 1 aromatic carbocycles. The molecule has 1 aromatic heterocycles. The number of likely N-dealkylation sites (N-methyl/N-ethyl adjacent to an activating group) is 1. The lowest BCUT2D eigenvalue weighted by Gasteiger charge is -2.25. The van der Waals surface area contributed by atoms with Crippen LogP contribution < -0.4 is 5.73 Å². The Morgan fingerprint density at radius 1 is 1.10 bits per heavy atom. The molecule has 0 fully saturated rings. The van der Waals surface area contributed by atoms with Crippen LogP contribution in [0.4, 0.5) is 0 Å². The van der Waals surface area contributed by atoms with E-state index in [-0.39, 0.29) is 6.04 Å². The minimum atomic E-state index is 0.0467. The molecular formula is C18H25N3. The molecule has 112 valence electrons. The lowest BCUT2D eigenvalue weighted by Crippen LogP contribution is -2.31. The maximum absolute atomic E-state index is 6.41. The molecule has 2 aromatic rings. The van der Waals surface area contributed by atoms with Crippen molar-refractivity contribution in [3.63, 3.8) is 0 Å². The van der Waals surface area contributed by atoms with Gasteiger partial charge in [-0.05, 0) is 43.7 Å². The Labute approximate surface area is 127 Å². The second-order valence-corrected chi connectivity index (χ2v) is 5.71. The van der Waals surface area contributed by atoms with Crippen molar-refractivity contribution >= 4 is 0 Å². The highest BCUT2D eigenvalue weighted by Crippen LogP contribution is 2.17. The lowest BCUT2D eigenvalue weighted by molar-refractivity contribution is 0.262. The molecule has 0 spiro atoms. The average molecular weight is 283 g/mol. The number of hydrogen-bond donors (Lipinski definition) is 1. The highest BCUT2D eigenvalue weighted by atomic mass is 15.1. The zero-order chi connectivity index (χ0) is 15.2. The van der Waals surface area contributed by atoms with E-state index in [4.69, 9.17) is 5.73 Å². The number of pyridine rings is 1. The van der Waals surface area contributed by atoms with E-state index in [9.17, 15) is 0 Å². The molecule has 21 heavy (non-hydrogen) atoms. The molecule has 3 heteroatoms. The van der Waals surface area contributed by atoms with Gasteiger partial charge in [0.2, 0.25) is 0 Å². The Morgan fingerprint density at radius 2 is 1.71 bits per heavy atom. The first-order valence-electron chi connectivity index (χ1n) is 7.53. The van der Waals surface area contributed by atoms with E-state index in [2.05, 4.69) is 61.0 Å². The monoisotopic (exact) mass is 283 g/mol. The lowest BCUT2D eigenvalue weighted by atomic mass is 10.0. The normalized spacial score (nSPS) is 12.6. The van der Waals surface area contributed by atoms with E-state index < -0.39 is 0 Å². The molecule has 1 atom stereocenters. The van der Waals surface area contributed by atoms with Crippen molar-refractivity contribution in [3.8, 4) is 0 Å². The maximum atomic E-state index is 6.41. The van der Waals surface area contributed by atoms with Gasteiger partial charge in [-0.15, -0.1) is 0 Å². The molecule has 0 aliphatic rings. The van der Waals surface area contributed by atoms with Crippen molar-refractivity contribution in [3.05, 3.63) is 65.0 Å². The summed E-state index contributed by atoms with van der Waals surface area (Å²) in [5.74, 6) is 0. The Kier molecular flexibility index (Phi) is 5.48. The SMILES string of the molecule is CCN(Cc1ccncc1)CC(N)c1cc(C)cc(C)c1. The Bertz CT molecular complexity index is 546. The molecule has 0 saturated heterocycles. The summed E-state index contributed by atoms with van der Waals surface area (Å²) >= 11 is 0. The van der Waals surface area contributed by atoms with E-state index in [0.29, 0.717) is 0 Å². The summed E-state index contributed by atoms with van der Waals surface area (Å²) in [6.45, 7) is 9.19. The van der Waals surface area contributed by atoms with Crippen LogP contribution in [0.25, 0.3) is 0 Å². The third-order valence-corrected chi connectivity index (χ3v) is 3.73. The van der Waals surface area contributed by atoms with Crippen LogP contribution in [0.2, 0.25) is 0 Å². The molecule has 0 aliphatic heterocycles. The minimum Gasteiger partial charge on any atom is -0.323 e. The summed E-state index contributed by atoms with van der Waals surface area (Å²) in [5, 5.41) is 0. The van der Waals surface area contributed by atoms with Gasteiger partial charge < -0.3 is 5.73 Å². The molecule has 0 aliphatic carbocycles. The third kappa shape index (κ3) is 4.66. The zero-order valence-corrected chi connectivity index (χ0v) is 13.2. The van der Waals surface area contributed by atoms with Crippen LogP contribution in [0.15, 0.2) is 42.7 Å². The molecule has 1 heterocycles. The summed E-state index contributed by atoms with van der Waals surface area (Å²) < 4.78 is 0. The van der Waals surface area contributed by atoms with Crippen LogP contribution in [0.5, 0.6) is 0 Å². The van der Waals surface area contributed by atoms with Gasteiger partial charge in [0.1, 0.15) is 0 Å². The smallest absolute Gasteiger partial charge is 0.0424 e. The first kappa shape index (κ1) is 15.7. The van der Waals surface area contributed by atoms with Gasteiger partial charge in [-0.25, -0.2) is 0 Å². The molecule has 0 saturated carbocycles. The van der Waals surface area contributed by atoms with Crippen molar-refractivity contribution < 1.29 is 0 Å². The van der Waals surface area contributed by atoms with Crippen LogP contribution >= 0.6 is 0 Å². The standard InChI is InChI=1S/C18H25N3/c1-4-21(12-16-5-7-20-8-6-16)13-18(19)17-10-14(2)9-15(3)11-17/h5-11,18H,4,12-13,19H2,1-3H3. The fourth-order valence-corrected chi connectivity index (χ4v) is 2.66. The van der Waals surface area contributed by atoms with Crippen LogP contribution in [0.1, 0.15) is 35.2 Å². The number of nitrogens with zero attached hydrogens (tertiary/aromatic N) is 2. The fourth-order valence-electron chi connectivity index (χ4n) is 2.66. The van der Waals surface area contributed by atoms with Crippen LogP contribution in [-0.2, 0) is 6.54 Å². The Hall–Kier alpha value is -1.71. The minimum absolute atomic E-state index is 0.0467. The Morgan fingerprint density at radius 3 is 2.29 bits per heavy atom. The van der Waals surface area contributed by atoms with E-state index in [1.807, 2.05) is 12.4 Å². The van der Waals surface area contributed by atoms with Crippen LogP contribution in [-0.4, -0.2) is 23.0 Å². The van der Waals surface area contributed by atoms with Crippen molar-refractivity contribution in [2.45, 2.75) is 33.4 Å². The summed E-state index contributed by atoms with van der Waals surface area (Å²) in [6, 6.07) is 10.7. The van der Waals surface area contributed by atoms with Gasteiger partial charge in [0.15, 0.2) is 0 Å². The zero-order valence-electron chi connectivity index (χ0n) is 13.2. The Balaban J connectivity index is 2.03. The summed E-state index contributed by atoms with van der Waals surface area (Å²) in [6.07, 6.45) is 3.68. The number of rotatable bonds is 6. The number of aryl methyl sites for hydroxylation is 2. The van der Waals surface area contributed by atoms with Crippen molar-refractivity contribution in [1.82, 2.24) is 9.88 Å². The van der Waals surface area contributed by atoms with Gasteiger partial charge in [0.25, 0.3) is 0 Å². The maximum Gasteiger partial charge on any atom is 0.0424 e. The molecule has 2 N–H and O–H groups in total. The highest BCUT2D eigenvalue weighted by molar-refractivity contribution is 5.30. The van der Waals surface area contributed by atoms with Gasteiger partial charge in [0.05, 0.1) is 0 Å². The van der Waals surface area contributed by atoms with Crippen molar-refractivity contribution in [1.29, 1.82) is 0 Å². The molecule has 0 bridgehead atoms. The first-order valence-corrected chi connectivity index (χ1v) is 7.53. The van der Waals surface area contributed by atoms with Crippen LogP contribution in [0, 0.1) is 13.8 Å². The first-order chi connectivity index (χ1) is 10.1. The van der Waals surface area contributed by atoms with Gasteiger partial charge in [0, 0.05) is 31.5 Å². The number of aromatic nitrogens is 1. The number of hydrogen-bond acceptors (Lipinski definition) is 3. The van der Waals surface area contributed by atoms with E-state index in [1.165, 1.54) is 22.3 Å². The van der Waals surface area contributed by atoms with Crippen molar-refractivity contribution in [2.75, 3.05) is 13.1 Å². The summed E-state index contributed by atoms with van der Waals surface area (Å²) in [7, 11) is 0. The van der Waals surface area contributed by atoms with E-state index in [1.54, 1.807) is 0 Å². The highest BCUT2D eigenvalue weighted by Gasteiger charge is 2.12. The predicted octanol–water partition coefficient (Wildman–Crippen LogP) is 3.22. The molecule has 2 rings (SSSR count). The molecule has 3 nitrogen and oxygen atoms in total. The van der Waals surface area contributed by atoms with Gasteiger partial charge in [-0.1, -0.05) is 36.2 Å². The molecule has 0 amide bonds. The second-order valence-electron chi connectivity index (χ2n) is 5.71. The largest absolute Gasteiger partial charge is 0.323 e. The van der Waals surface area contributed by atoms with Gasteiger partial charge in [-0.3, -0.25) is 9.88 Å². The topological polar surface area (TPSA) is 42.2 Å². The van der Waals surface area contributed by atoms with Crippen LogP contribution in [0.3, 0.4) is 0 Å². The predicted molar refractivity (Wildman–Crippen MR) is 88.0 cm³/mol. The fraction of sp³-hybridized carbons (Fsp3) is 0.389. The number of benzene rings is 1. The summed E-state index contributed by atoms with van der Waals surface area (Å²) in [4.78, 5) is 6.44.